The van der Waals surface area contributed by atoms with Gasteiger partial charge in [0.25, 0.3) is 11.5 Å². The Bertz CT molecular complexity index is 1040. The first-order valence-electron chi connectivity index (χ1n) is 9.05. The van der Waals surface area contributed by atoms with Crippen LogP contribution in [0, 0.1) is 6.92 Å². The van der Waals surface area contributed by atoms with Gasteiger partial charge in [0.15, 0.2) is 0 Å². The summed E-state index contributed by atoms with van der Waals surface area (Å²) in [6.07, 6.45) is 2.43. The molecule has 0 aliphatic carbocycles. The average Bonchev–Trinajstić information content (AvgIpc) is 3.23. The van der Waals surface area contributed by atoms with Crippen molar-refractivity contribution in [2.24, 2.45) is 7.05 Å². The molecular weight excluding hydrogens is 360 g/mol. The summed E-state index contributed by atoms with van der Waals surface area (Å²) in [5, 5.41) is 3.69. The Morgan fingerprint density at radius 1 is 1.33 bits per heavy atom. The van der Waals surface area contributed by atoms with Crippen LogP contribution in [0.15, 0.2) is 41.5 Å². The molecule has 1 aliphatic heterocycles. The first kappa shape index (κ1) is 17.9. The predicted molar refractivity (Wildman–Crippen MR) is 107 cm³/mol. The van der Waals surface area contributed by atoms with Gasteiger partial charge in [-0.2, -0.15) is 0 Å². The molecule has 140 valence electrons. The molecule has 1 amide bonds. The Balaban J connectivity index is 1.46. The molecule has 3 aromatic rings. The van der Waals surface area contributed by atoms with Gasteiger partial charge < -0.3 is 9.88 Å². The van der Waals surface area contributed by atoms with Gasteiger partial charge in [0.1, 0.15) is 4.83 Å². The van der Waals surface area contributed by atoms with E-state index in [-0.39, 0.29) is 17.5 Å². The summed E-state index contributed by atoms with van der Waals surface area (Å²) in [6.45, 7) is 4.53. The lowest BCUT2D eigenvalue weighted by Crippen LogP contribution is -2.36. The first-order chi connectivity index (χ1) is 13.0. The molecule has 27 heavy (non-hydrogen) atoms. The molecule has 7 heteroatoms. The maximum atomic E-state index is 12.8. The van der Waals surface area contributed by atoms with Crippen LogP contribution in [0.3, 0.4) is 0 Å². The first-order valence-corrected chi connectivity index (χ1v) is 9.86. The fourth-order valence-corrected chi connectivity index (χ4v) is 4.65. The predicted octanol–water partition coefficient (Wildman–Crippen LogP) is 2.31. The number of hydrogen-bond donors (Lipinski definition) is 1. The van der Waals surface area contributed by atoms with E-state index in [4.69, 9.17) is 0 Å². The average molecular weight is 382 g/mol. The molecule has 0 radical (unpaired) electrons. The lowest BCUT2D eigenvalue weighted by Gasteiger charge is -2.16. The number of hydrogen-bond acceptors (Lipinski definition) is 5. The molecule has 2 aromatic heterocycles. The van der Waals surface area contributed by atoms with Crippen molar-refractivity contribution in [3.05, 3.63) is 63.0 Å². The molecule has 3 heterocycles. The van der Waals surface area contributed by atoms with E-state index in [1.165, 1.54) is 27.8 Å². The van der Waals surface area contributed by atoms with Gasteiger partial charge in [0.05, 0.1) is 16.6 Å². The van der Waals surface area contributed by atoms with E-state index < -0.39 is 0 Å². The number of aryl methyl sites for hydroxylation is 2. The molecule has 0 saturated carbocycles. The third-order valence-corrected chi connectivity index (χ3v) is 6.27. The summed E-state index contributed by atoms with van der Waals surface area (Å²) in [6, 6.07) is 10.5. The van der Waals surface area contributed by atoms with Gasteiger partial charge in [-0.15, -0.1) is 11.3 Å². The standard InChI is InChI=1S/C20H22N4O2S/c1-13-16-19(21-12-23(2)20(16)26)27-17(13)18(25)22-15-8-9-24(11-15)10-14-6-4-3-5-7-14/h3-7,12,15H,8-11H2,1-2H3,(H,22,25). The minimum absolute atomic E-state index is 0.107. The van der Waals surface area contributed by atoms with Crippen molar-refractivity contribution in [3.8, 4) is 0 Å². The number of nitrogens with zero attached hydrogens (tertiary/aromatic N) is 3. The van der Waals surface area contributed by atoms with Crippen molar-refractivity contribution >= 4 is 27.5 Å². The Morgan fingerprint density at radius 3 is 2.89 bits per heavy atom. The SMILES string of the molecule is Cc1c(C(=O)NC2CCN(Cc3ccccc3)C2)sc2ncn(C)c(=O)c12. The molecule has 1 aromatic carbocycles. The van der Waals surface area contributed by atoms with Crippen molar-refractivity contribution in [2.75, 3.05) is 13.1 Å². The number of benzene rings is 1. The molecule has 1 saturated heterocycles. The molecule has 6 nitrogen and oxygen atoms in total. The van der Waals surface area contributed by atoms with Crippen LogP contribution in [-0.4, -0.2) is 39.5 Å². The third kappa shape index (κ3) is 3.52. The van der Waals surface area contributed by atoms with Gasteiger partial charge in [-0.25, -0.2) is 4.98 Å². The van der Waals surface area contributed by atoms with Crippen molar-refractivity contribution in [3.63, 3.8) is 0 Å². The number of aromatic nitrogens is 2. The number of carbonyl (C=O) groups excluding carboxylic acids is 1. The minimum Gasteiger partial charge on any atom is -0.347 e. The zero-order valence-corrected chi connectivity index (χ0v) is 16.3. The number of fused-ring (bicyclic) bond motifs is 1. The number of nitrogens with one attached hydrogen (secondary N) is 1. The van der Waals surface area contributed by atoms with Crippen LogP contribution >= 0.6 is 11.3 Å². The number of likely N-dealkylation sites (tertiary alicyclic amines) is 1. The summed E-state index contributed by atoms with van der Waals surface area (Å²) < 4.78 is 1.45. The van der Waals surface area contributed by atoms with Gasteiger partial charge in [-0.05, 0) is 24.5 Å². The molecule has 1 fully saturated rings. The molecule has 0 bridgehead atoms. The Labute approximate surface area is 161 Å². The molecule has 1 unspecified atom stereocenters. The normalized spacial score (nSPS) is 17.5. The van der Waals surface area contributed by atoms with Crippen molar-refractivity contribution in [1.82, 2.24) is 19.8 Å². The van der Waals surface area contributed by atoms with E-state index in [9.17, 15) is 9.59 Å². The number of carbonyl (C=O) groups is 1. The second kappa shape index (κ2) is 7.25. The van der Waals surface area contributed by atoms with Crippen LogP contribution in [0.25, 0.3) is 10.2 Å². The number of amides is 1. The van der Waals surface area contributed by atoms with Crippen molar-refractivity contribution < 1.29 is 4.79 Å². The summed E-state index contributed by atoms with van der Waals surface area (Å²) in [5.74, 6) is -0.107. The third-order valence-electron chi connectivity index (χ3n) is 5.07. The van der Waals surface area contributed by atoms with Crippen LogP contribution in [-0.2, 0) is 13.6 Å². The van der Waals surface area contributed by atoms with E-state index >= 15 is 0 Å². The van der Waals surface area contributed by atoms with E-state index in [0.29, 0.717) is 15.1 Å². The van der Waals surface area contributed by atoms with Gasteiger partial charge in [0.2, 0.25) is 0 Å². The van der Waals surface area contributed by atoms with Crippen LogP contribution in [0.2, 0.25) is 0 Å². The second-order valence-electron chi connectivity index (χ2n) is 7.08. The van der Waals surface area contributed by atoms with E-state index in [1.54, 1.807) is 7.05 Å². The highest BCUT2D eigenvalue weighted by Crippen LogP contribution is 2.27. The number of rotatable bonds is 4. The Hall–Kier alpha value is -2.51. The maximum absolute atomic E-state index is 12.8. The molecule has 1 atom stereocenters. The zero-order valence-electron chi connectivity index (χ0n) is 15.4. The molecule has 4 rings (SSSR count). The lowest BCUT2D eigenvalue weighted by molar-refractivity contribution is 0.0941. The minimum atomic E-state index is -0.109. The zero-order chi connectivity index (χ0) is 19.0. The van der Waals surface area contributed by atoms with Crippen LogP contribution in [0.4, 0.5) is 0 Å². The topological polar surface area (TPSA) is 67.2 Å². The highest BCUT2D eigenvalue weighted by molar-refractivity contribution is 7.20. The van der Waals surface area contributed by atoms with E-state index in [0.717, 1.165) is 31.6 Å². The van der Waals surface area contributed by atoms with Crippen molar-refractivity contribution in [1.29, 1.82) is 0 Å². The van der Waals surface area contributed by atoms with Gasteiger partial charge in [0, 0.05) is 32.7 Å². The van der Waals surface area contributed by atoms with Crippen LogP contribution < -0.4 is 10.9 Å². The van der Waals surface area contributed by atoms with Crippen LogP contribution in [0.1, 0.15) is 27.2 Å². The van der Waals surface area contributed by atoms with Crippen molar-refractivity contribution in [2.45, 2.75) is 25.9 Å². The summed E-state index contributed by atoms with van der Waals surface area (Å²) >= 11 is 1.29. The number of thiophene rings is 1. The molecule has 0 spiro atoms. The summed E-state index contributed by atoms with van der Waals surface area (Å²) in [4.78, 5) is 33.0. The quantitative estimate of drug-likeness (QED) is 0.752. The fraction of sp³-hybridized carbons (Fsp3) is 0.350. The molecular formula is C20H22N4O2S. The molecule has 1 aliphatic rings. The Kier molecular flexibility index (Phi) is 4.80. The van der Waals surface area contributed by atoms with Gasteiger partial charge >= 0.3 is 0 Å². The lowest BCUT2D eigenvalue weighted by atomic mass is 10.2. The second-order valence-corrected chi connectivity index (χ2v) is 8.08. The van der Waals surface area contributed by atoms with E-state index in [1.807, 2.05) is 25.1 Å². The van der Waals surface area contributed by atoms with E-state index in [2.05, 4.69) is 27.3 Å². The largest absolute Gasteiger partial charge is 0.347 e. The monoisotopic (exact) mass is 382 g/mol. The highest BCUT2D eigenvalue weighted by Gasteiger charge is 2.26. The van der Waals surface area contributed by atoms with Gasteiger partial charge in [-0.3, -0.25) is 14.5 Å². The van der Waals surface area contributed by atoms with Gasteiger partial charge in [-0.1, -0.05) is 30.3 Å². The summed E-state index contributed by atoms with van der Waals surface area (Å²) in [7, 11) is 1.67. The Morgan fingerprint density at radius 2 is 2.11 bits per heavy atom. The fourth-order valence-electron chi connectivity index (χ4n) is 3.61. The maximum Gasteiger partial charge on any atom is 0.262 e. The highest BCUT2D eigenvalue weighted by atomic mass is 32.1. The molecule has 1 N–H and O–H groups in total. The smallest absolute Gasteiger partial charge is 0.262 e. The summed E-state index contributed by atoms with van der Waals surface area (Å²) in [5.41, 5.74) is 1.90. The van der Waals surface area contributed by atoms with Crippen LogP contribution in [0.5, 0.6) is 0 Å².